The third-order valence-corrected chi connectivity index (χ3v) is 5.48. The van der Waals surface area contributed by atoms with Crippen LogP contribution in [0.2, 0.25) is 0 Å². The number of rotatable bonds is 10. The molecule has 1 aromatic carbocycles. The largest absolute Gasteiger partial charge is 0.392 e. The summed E-state index contributed by atoms with van der Waals surface area (Å²) in [6.07, 6.45) is 3.18. The van der Waals surface area contributed by atoms with Crippen molar-refractivity contribution in [1.82, 2.24) is 24.8 Å². The van der Waals surface area contributed by atoms with E-state index < -0.39 is 0 Å². The van der Waals surface area contributed by atoms with Crippen molar-refractivity contribution in [2.45, 2.75) is 20.0 Å². The molecular weight excluding hydrogens is 418 g/mol. The fraction of sp³-hybridized carbons (Fsp3) is 0.250. The minimum Gasteiger partial charge on any atom is -0.392 e. The van der Waals surface area contributed by atoms with Crippen LogP contribution in [0.15, 0.2) is 54.7 Å². The Kier molecular flexibility index (Phi) is 6.80. The second kappa shape index (κ2) is 10.1. The van der Waals surface area contributed by atoms with Crippen LogP contribution in [-0.4, -0.2) is 50.7 Å². The molecule has 170 valence electrons. The number of nitrogens with one attached hydrogen (secondary N) is 1. The van der Waals surface area contributed by atoms with Gasteiger partial charge in [-0.15, -0.1) is 0 Å². The van der Waals surface area contributed by atoms with Gasteiger partial charge in [-0.05, 0) is 55.3 Å². The summed E-state index contributed by atoms with van der Waals surface area (Å²) in [5.74, 6) is 1.87. The van der Waals surface area contributed by atoms with Gasteiger partial charge in [0.05, 0.1) is 12.2 Å². The molecular formula is C24H27N7O2. The molecule has 4 rings (SSSR count). The van der Waals surface area contributed by atoms with Crippen LogP contribution in [0.4, 0.5) is 11.6 Å². The molecule has 3 heterocycles. The van der Waals surface area contributed by atoms with Crippen molar-refractivity contribution in [3.05, 3.63) is 60.3 Å². The molecule has 0 saturated carbocycles. The van der Waals surface area contributed by atoms with Crippen LogP contribution in [0.3, 0.4) is 0 Å². The second-order valence-electron chi connectivity index (χ2n) is 7.55. The molecule has 0 atom stereocenters. The van der Waals surface area contributed by atoms with E-state index in [2.05, 4.69) is 22.1 Å². The van der Waals surface area contributed by atoms with Crippen LogP contribution in [-0.2, 0) is 11.4 Å². The number of nitrogens with zero attached hydrogens (tertiary/aromatic N) is 5. The van der Waals surface area contributed by atoms with Gasteiger partial charge >= 0.3 is 0 Å². The molecule has 4 aromatic rings. The first-order valence-electron chi connectivity index (χ1n) is 10.9. The lowest BCUT2D eigenvalue weighted by atomic mass is 10.2. The highest BCUT2D eigenvalue weighted by molar-refractivity contribution is 5.83. The summed E-state index contributed by atoms with van der Waals surface area (Å²) >= 11 is 0. The Labute approximate surface area is 191 Å². The van der Waals surface area contributed by atoms with Gasteiger partial charge < -0.3 is 21.1 Å². The van der Waals surface area contributed by atoms with Crippen LogP contribution in [0.25, 0.3) is 28.2 Å². The highest BCUT2D eigenvalue weighted by Crippen LogP contribution is 2.31. The number of nitrogen functional groups attached to an aromatic ring is 1. The van der Waals surface area contributed by atoms with Crippen molar-refractivity contribution >= 4 is 29.2 Å². The van der Waals surface area contributed by atoms with Crippen LogP contribution >= 0.6 is 0 Å². The van der Waals surface area contributed by atoms with Crippen molar-refractivity contribution < 1.29 is 9.90 Å². The number of fused-ring (bicyclic) bond motifs is 1. The molecule has 9 nitrogen and oxygen atoms in total. The zero-order chi connectivity index (χ0) is 23.2. The molecule has 0 unspecified atom stereocenters. The van der Waals surface area contributed by atoms with Crippen LogP contribution in [0.5, 0.6) is 0 Å². The Morgan fingerprint density at radius 3 is 2.67 bits per heavy atom. The number of imidazole rings is 1. The maximum absolute atomic E-state index is 10.5. The number of benzene rings is 1. The number of amides is 1. The van der Waals surface area contributed by atoms with E-state index in [1.54, 1.807) is 6.20 Å². The van der Waals surface area contributed by atoms with E-state index in [4.69, 9.17) is 15.7 Å². The molecule has 0 aliphatic rings. The van der Waals surface area contributed by atoms with E-state index in [-0.39, 0.29) is 6.61 Å². The molecule has 4 N–H and O–H groups in total. The summed E-state index contributed by atoms with van der Waals surface area (Å²) in [6.45, 7) is 4.20. The number of aliphatic hydroxyl groups excluding tert-OH is 1. The molecule has 0 aliphatic carbocycles. The standard InChI is InChI=1S/C24H27N7O2/c1-2-30(14-4-12-26-16-33)21-11-10-20-24(29-21)31(18-8-6-17(15-32)7-9-18)23(28-20)19-5-3-13-27-22(19)25/h3,5-11,13,16,32H,2,4,12,14-15H2,1H3,(H2,25,27)(H,26,33). The van der Waals surface area contributed by atoms with Crippen LogP contribution < -0.4 is 16.0 Å². The Balaban J connectivity index is 1.84. The topological polar surface area (TPSA) is 122 Å². The maximum atomic E-state index is 10.5. The third kappa shape index (κ3) is 4.63. The van der Waals surface area contributed by atoms with Crippen molar-refractivity contribution in [3.8, 4) is 17.1 Å². The summed E-state index contributed by atoms with van der Waals surface area (Å²) in [4.78, 5) is 26.7. The summed E-state index contributed by atoms with van der Waals surface area (Å²) in [5.41, 5.74) is 10.0. The number of nitrogens with two attached hydrogens (primary N) is 1. The monoisotopic (exact) mass is 445 g/mol. The van der Waals surface area contributed by atoms with E-state index >= 15 is 0 Å². The minimum atomic E-state index is -0.0276. The number of pyridine rings is 2. The lowest BCUT2D eigenvalue weighted by Gasteiger charge is -2.22. The molecule has 0 spiro atoms. The van der Waals surface area contributed by atoms with Gasteiger partial charge in [0, 0.05) is 31.5 Å². The van der Waals surface area contributed by atoms with Gasteiger partial charge in [0.1, 0.15) is 17.2 Å². The second-order valence-corrected chi connectivity index (χ2v) is 7.55. The summed E-state index contributed by atoms with van der Waals surface area (Å²) in [7, 11) is 0. The SMILES string of the molecule is CCN(CCCNC=O)c1ccc2nc(-c3cccnc3N)n(-c3ccc(CO)cc3)c2n1. The normalized spacial score (nSPS) is 11.0. The smallest absolute Gasteiger partial charge is 0.207 e. The van der Waals surface area contributed by atoms with E-state index in [1.807, 2.05) is 53.1 Å². The average molecular weight is 446 g/mol. The Morgan fingerprint density at radius 1 is 1.15 bits per heavy atom. The van der Waals surface area contributed by atoms with Gasteiger partial charge in [-0.2, -0.15) is 0 Å². The number of anilines is 2. The van der Waals surface area contributed by atoms with Gasteiger partial charge in [0.15, 0.2) is 11.5 Å². The highest BCUT2D eigenvalue weighted by Gasteiger charge is 2.19. The zero-order valence-corrected chi connectivity index (χ0v) is 18.5. The number of aromatic nitrogens is 4. The van der Waals surface area contributed by atoms with Crippen molar-refractivity contribution in [2.75, 3.05) is 30.3 Å². The van der Waals surface area contributed by atoms with Gasteiger partial charge in [0.2, 0.25) is 6.41 Å². The van der Waals surface area contributed by atoms with Crippen molar-refractivity contribution in [2.24, 2.45) is 0 Å². The minimum absolute atomic E-state index is 0.0276. The van der Waals surface area contributed by atoms with E-state index in [0.29, 0.717) is 30.2 Å². The Morgan fingerprint density at radius 2 is 1.97 bits per heavy atom. The van der Waals surface area contributed by atoms with E-state index in [9.17, 15) is 9.90 Å². The lowest BCUT2D eigenvalue weighted by Crippen LogP contribution is -2.27. The molecule has 0 saturated heterocycles. The molecule has 9 heteroatoms. The van der Waals surface area contributed by atoms with Crippen LogP contribution in [0.1, 0.15) is 18.9 Å². The molecule has 0 fully saturated rings. The first kappa shape index (κ1) is 22.2. The number of hydrogen-bond acceptors (Lipinski definition) is 7. The molecule has 1 amide bonds. The maximum Gasteiger partial charge on any atom is 0.207 e. The molecule has 3 aromatic heterocycles. The van der Waals surface area contributed by atoms with Crippen molar-refractivity contribution in [1.29, 1.82) is 0 Å². The summed E-state index contributed by atoms with van der Waals surface area (Å²) in [5, 5.41) is 12.1. The average Bonchev–Trinajstić information content (AvgIpc) is 3.23. The Hall–Kier alpha value is -3.98. The lowest BCUT2D eigenvalue weighted by molar-refractivity contribution is -0.109. The van der Waals surface area contributed by atoms with Crippen LogP contribution in [0, 0.1) is 0 Å². The Bertz CT molecular complexity index is 1240. The first-order chi connectivity index (χ1) is 16.2. The molecule has 33 heavy (non-hydrogen) atoms. The number of aliphatic hydroxyl groups is 1. The fourth-order valence-electron chi connectivity index (χ4n) is 3.77. The third-order valence-electron chi connectivity index (χ3n) is 5.48. The summed E-state index contributed by atoms with van der Waals surface area (Å²) < 4.78 is 1.97. The summed E-state index contributed by atoms with van der Waals surface area (Å²) in [6, 6.07) is 15.2. The fourth-order valence-corrected chi connectivity index (χ4v) is 3.77. The molecule has 0 radical (unpaired) electrons. The first-order valence-corrected chi connectivity index (χ1v) is 10.9. The quantitative estimate of drug-likeness (QED) is 0.253. The number of carbonyl (C=O) groups is 1. The van der Waals surface area contributed by atoms with Gasteiger partial charge in [0.25, 0.3) is 0 Å². The van der Waals surface area contributed by atoms with Gasteiger partial charge in [-0.1, -0.05) is 12.1 Å². The zero-order valence-electron chi connectivity index (χ0n) is 18.5. The van der Waals surface area contributed by atoms with E-state index in [0.717, 1.165) is 47.7 Å². The number of carbonyl (C=O) groups excluding carboxylic acids is 1. The molecule has 0 aliphatic heterocycles. The van der Waals surface area contributed by atoms with Crippen molar-refractivity contribution in [3.63, 3.8) is 0 Å². The predicted molar refractivity (Wildman–Crippen MR) is 129 cm³/mol. The molecule has 0 bridgehead atoms. The number of hydrogen-bond donors (Lipinski definition) is 3. The van der Waals surface area contributed by atoms with E-state index in [1.165, 1.54) is 0 Å². The van der Waals surface area contributed by atoms with Gasteiger partial charge in [-0.3, -0.25) is 9.36 Å². The predicted octanol–water partition coefficient (Wildman–Crippen LogP) is 2.52. The van der Waals surface area contributed by atoms with Gasteiger partial charge in [-0.25, -0.2) is 15.0 Å². The highest BCUT2D eigenvalue weighted by atomic mass is 16.3.